The highest BCUT2D eigenvalue weighted by Gasteiger charge is 2.34. The number of allylic oxidation sites excluding steroid dienone is 5. The van der Waals surface area contributed by atoms with Gasteiger partial charge in [-0.25, -0.2) is 9.98 Å². The first-order valence-corrected chi connectivity index (χ1v) is 20.7. The summed E-state index contributed by atoms with van der Waals surface area (Å²) in [6.07, 6.45) is 12.9. The van der Waals surface area contributed by atoms with Gasteiger partial charge >= 0.3 is 0 Å². The number of dihydropyridines is 1. The molecule has 0 fully saturated rings. The highest BCUT2D eigenvalue weighted by Crippen LogP contribution is 2.47. The lowest BCUT2D eigenvalue weighted by atomic mass is 9.80. The van der Waals surface area contributed by atoms with Crippen LogP contribution in [0.4, 0.5) is 5.69 Å². The lowest BCUT2D eigenvalue weighted by molar-refractivity contribution is 0.564. The second-order valence-electron chi connectivity index (χ2n) is 15.7. The van der Waals surface area contributed by atoms with Gasteiger partial charge in [0.05, 0.1) is 35.5 Å². The Morgan fingerprint density at radius 1 is 1.04 bits per heavy atom. The van der Waals surface area contributed by atoms with Crippen molar-refractivity contribution in [2.24, 2.45) is 10.9 Å². The normalized spacial score (nSPS) is 16.9. The molecule has 2 aliphatic heterocycles. The van der Waals surface area contributed by atoms with E-state index in [-0.39, 0.29) is 18.0 Å². The lowest BCUT2D eigenvalue weighted by Gasteiger charge is -2.35. The van der Waals surface area contributed by atoms with Crippen molar-refractivity contribution in [1.82, 2.24) is 31.6 Å². The minimum atomic E-state index is 0.0323. The molecule has 0 saturated carbocycles. The number of rotatable bonds is 20. The molecule has 2 aromatic carbocycles. The third kappa shape index (κ3) is 8.72. The summed E-state index contributed by atoms with van der Waals surface area (Å²) in [4.78, 5) is 10.8. The van der Waals surface area contributed by atoms with Crippen LogP contribution >= 0.6 is 0 Å². The first kappa shape index (κ1) is 40.4. The summed E-state index contributed by atoms with van der Waals surface area (Å²) >= 11 is 0. The van der Waals surface area contributed by atoms with Gasteiger partial charge in [-0.3, -0.25) is 0 Å². The van der Waals surface area contributed by atoms with Crippen LogP contribution in [-0.4, -0.2) is 30.0 Å². The molecule has 0 bridgehead atoms. The Hall–Kier alpha value is -5.30. The zero-order chi connectivity index (χ0) is 39.9. The van der Waals surface area contributed by atoms with Gasteiger partial charge in [-0.2, -0.15) is 0 Å². The van der Waals surface area contributed by atoms with Crippen LogP contribution in [0.25, 0.3) is 16.6 Å². The molecular weight excluding hydrogens is 687 g/mol. The molecule has 1 aliphatic carbocycles. The molecule has 3 aromatic rings. The zero-order valence-corrected chi connectivity index (χ0v) is 34.6. The van der Waals surface area contributed by atoms with Gasteiger partial charge in [-0.1, -0.05) is 89.9 Å². The molecule has 3 heterocycles. The number of pyridine rings is 1. The van der Waals surface area contributed by atoms with Gasteiger partial charge < -0.3 is 26.6 Å². The predicted octanol–water partition coefficient (Wildman–Crippen LogP) is 10.4. The van der Waals surface area contributed by atoms with E-state index in [1.807, 2.05) is 6.07 Å². The zero-order valence-electron chi connectivity index (χ0n) is 34.6. The van der Waals surface area contributed by atoms with Crippen molar-refractivity contribution in [2.45, 2.75) is 104 Å². The number of amidine groups is 1. The lowest BCUT2D eigenvalue weighted by Crippen LogP contribution is -2.38. The Kier molecular flexibility index (Phi) is 13.0. The first-order chi connectivity index (χ1) is 27.1. The SMILES string of the molecule is C=CC(CC)C1=C(CCC)C(=C)NC(c2nc3cc(C)c(C)c4c3c3c2N=C(CCCNC(=C)CNC(=C)C(Cc2ccccc2)NC(=C)CC)NC3CC4)=C1. The van der Waals surface area contributed by atoms with Crippen LogP contribution in [-0.2, 0) is 12.8 Å². The molecule has 3 unspecified atom stereocenters. The summed E-state index contributed by atoms with van der Waals surface area (Å²) in [6.45, 7) is 34.0. The molecule has 6 rings (SSSR count). The monoisotopic (exact) mass is 750 g/mol. The molecule has 7 nitrogen and oxygen atoms in total. The number of aromatic nitrogens is 1. The average molecular weight is 750 g/mol. The molecule has 0 radical (unpaired) electrons. The van der Waals surface area contributed by atoms with Crippen LogP contribution < -0.4 is 26.6 Å². The third-order valence-electron chi connectivity index (χ3n) is 11.7. The highest BCUT2D eigenvalue weighted by molar-refractivity contribution is 6.00. The Morgan fingerprint density at radius 2 is 1.82 bits per heavy atom. The van der Waals surface area contributed by atoms with Gasteiger partial charge in [0.15, 0.2) is 0 Å². The minimum absolute atomic E-state index is 0.0323. The van der Waals surface area contributed by atoms with Crippen molar-refractivity contribution in [3.05, 3.63) is 149 Å². The van der Waals surface area contributed by atoms with E-state index in [2.05, 4.69) is 137 Å². The van der Waals surface area contributed by atoms with E-state index in [0.717, 1.165) is 116 Å². The van der Waals surface area contributed by atoms with E-state index in [4.69, 9.17) is 9.98 Å². The Labute approximate surface area is 336 Å². The van der Waals surface area contributed by atoms with Crippen molar-refractivity contribution in [1.29, 1.82) is 0 Å². The second kappa shape index (κ2) is 18.1. The van der Waals surface area contributed by atoms with E-state index in [0.29, 0.717) is 6.54 Å². The average Bonchev–Trinajstić information content (AvgIpc) is 3.20. The van der Waals surface area contributed by atoms with Gasteiger partial charge in [0, 0.05) is 52.6 Å². The standard InChI is InChI=1S/C49H63N7/c1-11-19-39-34(9)53-44(28-40(39)37(13-3)14-4)48-49-47-41(24-23-38-33(8)30(5)26-43(55-48)46(38)47)54-45(56-49)22-18-25-50-32(7)29-51-35(10)42(52-31(6)12-2)27-36-20-16-15-17-21-36/h13,15-17,20-21,26,28,37,41-42,50-53H,3,6-7,9-12,14,18-19,22-25,27,29H2,1-2,4-5,8H3,(H,54,56). The van der Waals surface area contributed by atoms with Gasteiger partial charge in [0.25, 0.3) is 0 Å². The van der Waals surface area contributed by atoms with Crippen molar-refractivity contribution in [3.8, 4) is 0 Å². The second-order valence-corrected chi connectivity index (χ2v) is 15.7. The molecule has 0 saturated heterocycles. The van der Waals surface area contributed by atoms with E-state index >= 15 is 0 Å². The van der Waals surface area contributed by atoms with Gasteiger partial charge in [-0.15, -0.1) is 6.58 Å². The molecule has 5 N–H and O–H groups in total. The molecule has 0 spiro atoms. The first-order valence-electron chi connectivity index (χ1n) is 20.7. The maximum Gasteiger partial charge on any atom is 0.113 e. The summed E-state index contributed by atoms with van der Waals surface area (Å²) in [5, 5.41) is 19.5. The minimum Gasteiger partial charge on any atom is -0.387 e. The maximum atomic E-state index is 5.44. The van der Waals surface area contributed by atoms with E-state index in [1.54, 1.807) is 0 Å². The van der Waals surface area contributed by atoms with E-state index in [9.17, 15) is 0 Å². The van der Waals surface area contributed by atoms with Crippen molar-refractivity contribution in [3.63, 3.8) is 0 Å². The fourth-order valence-electron chi connectivity index (χ4n) is 8.39. The van der Waals surface area contributed by atoms with Crippen LogP contribution in [0.5, 0.6) is 0 Å². The molecule has 56 heavy (non-hydrogen) atoms. The van der Waals surface area contributed by atoms with Crippen molar-refractivity contribution in [2.75, 3.05) is 13.1 Å². The fourth-order valence-corrected chi connectivity index (χ4v) is 8.39. The Bertz CT molecular complexity index is 2110. The number of benzene rings is 2. The quantitative estimate of drug-likeness (QED) is 0.0584. The van der Waals surface area contributed by atoms with Crippen LogP contribution in [0.3, 0.4) is 0 Å². The summed E-state index contributed by atoms with van der Waals surface area (Å²) in [6, 6.07) is 13.0. The largest absolute Gasteiger partial charge is 0.387 e. The van der Waals surface area contributed by atoms with Crippen LogP contribution in [0.1, 0.15) is 105 Å². The highest BCUT2D eigenvalue weighted by atomic mass is 15.1. The number of aryl methyl sites for hydroxylation is 2. The molecule has 7 heteroatoms. The number of nitrogens with one attached hydrogen (secondary N) is 5. The summed E-state index contributed by atoms with van der Waals surface area (Å²) in [5.41, 5.74) is 16.9. The number of aliphatic imine (C=N–C) groups is 1. The van der Waals surface area contributed by atoms with Gasteiger partial charge in [0.1, 0.15) is 11.5 Å². The Balaban J connectivity index is 1.20. The van der Waals surface area contributed by atoms with E-state index in [1.165, 1.54) is 44.3 Å². The molecule has 3 aliphatic rings. The molecule has 1 aromatic heterocycles. The van der Waals surface area contributed by atoms with Crippen molar-refractivity contribution >= 4 is 28.1 Å². The maximum absolute atomic E-state index is 5.44. The van der Waals surface area contributed by atoms with E-state index < -0.39 is 0 Å². The topological polar surface area (TPSA) is 85.4 Å². The van der Waals surface area contributed by atoms with Crippen LogP contribution in [0, 0.1) is 19.8 Å². The van der Waals surface area contributed by atoms with Crippen LogP contribution in [0.2, 0.25) is 0 Å². The molecule has 0 amide bonds. The predicted molar refractivity (Wildman–Crippen MR) is 239 cm³/mol. The Morgan fingerprint density at radius 3 is 2.54 bits per heavy atom. The summed E-state index contributed by atoms with van der Waals surface area (Å²) < 4.78 is 0. The fraction of sp³-hybridized carbons (Fsp3) is 0.388. The van der Waals surface area contributed by atoms with Crippen LogP contribution in [0.15, 0.2) is 120 Å². The summed E-state index contributed by atoms with van der Waals surface area (Å²) in [5.74, 6) is 1.26. The number of hydrogen-bond donors (Lipinski definition) is 5. The number of nitrogens with zero attached hydrogens (tertiary/aromatic N) is 2. The molecule has 294 valence electrons. The van der Waals surface area contributed by atoms with Gasteiger partial charge in [0.2, 0.25) is 0 Å². The number of hydrogen-bond acceptors (Lipinski definition) is 7. The smallest absolute Gasteiger partial charge is 0.113 e. The summed E-state index contributed by atoms with van der Waals surface area (Å²) in [7, 11) is 0. The molecular formula is C49H63N7. The van der Waals surface area contributed by atoms with Gasteiger partial charge in [-0.05, 0) is 104 Å². The molecule has 3 atom stereocenters. The van der Waals surface area contributed by atoms with Crippen molar-refractivity contribution < 1.29 is 0 Å². The third-order valence-corrected chi connectivity index (χ3v) is 11.7.